The van der Waals surface area contributed by atoms with Gasteiger partial charge in [0.1, 0.15) is 11.9 Å². The van der Waals surface area contributed by atoms with Gasteiger partial charge in [-0.05, 0) is 73.3 Å². The third kappa shape index (κ3) is 1.39. The van der Waals surface area contributed by atoms with E-state index >= 15 is 0 Å². The Morgan fingerprint density at radius 3 is 2.60 bits per heavy atom. The molecule has 4 aliphatic carbocycles. The Balaban J connectivity index is 1.41. The first-order valence-electron chi connectivity index (χ1n) is 8.22. The van der Waals surface area contributed by atoms with E-state index < -0.39 is 0 Å². The number of hydrogen-bond acceptors (Lipinski definition) is 1. The van der Waals surface area contributed by atoms with Gasteiger partial charge in [-0.1, -0.05) is 30.4 Å². The number of para-hydroxylation sites is 1. The predicted octanol–water partition coefficient (Wildman–Crippen LogP) is 4.22. The summed E-state index contributed by atoms with van der Waals surface area (Å²) in [5.41, 5.74) is 1.28. The molecule has 3 saturated carbocycles. The fourth-order valence-corrected chi connectivity index (χ4v) is 5.94. The lowest BCUT2D eigenvalue weighted by Gasteiger charge is -2.36. The van der Waals surface area contributed by atoms with E-state index in [0.717, 1.165) is 41.3 Å². The minimum Gasteiger partial charge on any atom is -0.490 e. The fraction of sp³-hybridized carbons (Fsp3) is 0.579. The molecule has 0 aromatic heterocycles. The average Bonchev–Trinajstić information content (AvgIpc) is 3.18. The van der Waals surface area contributed by atoms with E-state index in [9.17, 15) is 0 Å². The SMILES string of the molecule is Cc1ccccc1OC1CC2CC1C1C3C=CC(C3)C21. The number of rotatable bonds is 2. The van der Waals surface area contributed by atoms with Crippen molar-refractivity contribution in [3.63, 3.8) is 0 Å². The smallest absolute Gasteiger partial charge is 0.122 e. The van der Waals surface area contributed by atoms with Crippen molar-refractivity contribution in [1.82, 2.24) is 0 Å². The van der Waals surface area contributed by atoms with Gasteiger partial charge in [-0.25, -0.2) is 0 Å². The molecule has 7 atom stereocenters. The standard InChI is InChI=1S/C19H22O/c1-11-4-2-3-5-16(11)20-17-10-14-9-15(17)19-13-7-6-12(8-13)18(14)19/h2-7,12-15,17-19H,8-10H2,1H3. The van der Waals surface area contributed by atoms with Crippen LogP contribution in [0.5, 0.6) is 5.75 Å². The van der Waals surface area contributed by atoms with E-state index in [2.05, 4.69) is 43.3 Å². The van der Waals surface area contributed by atoms with Crippen LogP contribution in [-0.2, 0) is 0 Å². The van der Waals surface area contributed by atoms with Crippen molar-refractivity contribution in [3.05, 3.63) is 42.0 Å². The van der Waals surface area contributed by atoms with E-state index in [1.165, 1.54) is 24.8 Å². The van der Waals surface area contributed by atoms with Gasteiger partial charge in [0.15, 0.2) is 0 Å². The van der Waals surface area contributed by atoms with E-state index in [0.29, 0.717) is 6.10 Å². The quantitative estimate of drug-likeness (QED) is 0.575. The fourth-order valence-electron chi connectivity index (χ4n) is 5.94. The molecule has 7 unspecified atom stereocenters. The maximum Gasteiger partial charge on any atom is 0.122 e. The van der Waals surface area contributed by atoms with Gasteiger partial charge in [0.2, 0.25) is 0 Å². The molecule has 1 aromatic carbocycles. The van der Waals surface area contributed by atoms with Crippen molar-refractivity contribution in [2.75, 3.05) is 0 Å². The van der Waals surface area contributed by atoms with Crippen LogP contribution >= 0.6 is 0 Å². The van der Waals surface area contributed by atoms with Crippen molar-refractivity contribution in [2.45, 2.75) is 32.3 Å². The highest BCUT2D eigenvalue weighted by molar-refractivity contribution is 5.32. The van der Waals surface area contributed by atoms with Gasteiger partial charge in [0, 0.05) is 0 Å². The Kier molecular flexibility index (Phi) is 2.23. The molecule has 1 heteroatoms. The largest absolute Gasteiger partial charge is 0.490 e. The van der Waals surface area contributed by atoms with E-state index in [1.807, 2.05) is 0 Å². The molecule has 4 bridgehead atoms. The number of fused-ring (bicyclic) bond motifs is 9. The summed E-state index contributed by atoms with van der Waals surface area (Å²) in [7, 11) is 0. The maximum atomic E-state index is 6.43. The van der Waals surface area contributed by atoms with Gasteiger partial charge in [0.05, 0.1) is 0 Å². The summed E-state index contributed by atoms with van der Waals surface area (Å²) in [5.74, 6) is 6.62. The van der Waals surface area contributed by atoms with Crippen LogP contribution in [0.1, 0.15) is 24.8 Å². The maximum absolute atomic E-state index is 6.43. The molecule has 5 rings (SSSR count). The molecule has 0 heterocycles. The first-order valence-corrected chi connectivity index (χ1v) is 8.22. The van der Waals surface area contributed by atoms with Crippen LogP contribution in [0, 0.1) is 42.4 Å². The van der Waals surface area contributed by atoms with Crippen molar-refractivity contribution >= 4 is 0 Å². The lowest BCUT2D eigenvalue weighted by molar-refractivity contribution is 0.0660. The first-order chi connectivity index (χ1) is 9.81. The summed E-state index contributed by atoms with van der Waals surface area (Å²) >= 11 is 0. The van der Waals surface area contributed by atoms with Crippen LogP contribution in [0.2, 0.25) is 0 Å². The van der Waals surface area contributed by atoms with Crippen LogP contribution in [0.15, 0.2) is 36.4 Å². The molecule has 0 radical (unpaired) electrons. The van der Waals surface area contributed by atoms with Crippen LogP contribution in [-0.4, -0.2) is 6.10 Å². The minimum absolute atomic E-state index is 0.482. The number of aryl methyl sites for hydroxylation is 1. The summed E-state index contributed by atoms with van der Waals surface area (Å²) < 4.78 is 6.43. The molecule has 4 aliphatic rings. The zero-order valence-electron chi connectivity index (χ0n) is 12.0. The molecule has 0 saturated heterocycles. The Bertz CT molecular complexity index is 575. The highest BCUT2D eigenvalue weighted by Crippen LogP contribution is 2.65. The second kappa shape index (κ2) is 3.90. The summed E-state index contributed by atoms with van der Waals surface area (Å²) in [4.78, 5) is 0. The predicted molar refractivity (Wildman–Crippen MR) is 79.5 cm³/mol. The summed E-state index contributed by atoms with van der Waals surface area (Å²) in [6, 6.07) is 8.49. The summed E-state index contributed by atoms with van der Waals surface area (Å²) in [6.07, 6.45) is 9.69. The Morgan fingerprint density at radius 1 is 0.950 bits per heavy atom. The van der Waals surface area contributed by atoms with Gasteiger partial charge >= 0.3 is 0 Å². The van der Waals surface area contributed by atoms with Crippen LogP contribution in [0.25, 0.3) is 0 Å². The second-order valence-electron chi connectivity index (χ2n) is 7.42. The molecular weight excluding hydrogens is 244 g/mol. The Labute approximate surface area is 121 Å². The van der Waals surface area contributed by atoms with Crippen LogP contribution in [0.3, 0.4) is 0 Å². The number of allylic oxidation sites excluding steroid dienone is 2. The van der Waals surface area contributed by atoms with Crippen molar-refractivity contribution in [1.29, 1.82) is 0 Å². The molecule has 1 nitrogen and oxygen atoms in total. The molecule has 1 aromatic rings. The first kappa shape index (κ1) is 11.4. The van der Waals surface area contributed by atoms with Gasteiger partial charge < -0.3 is 4.74 Å². The monoisotopic (exact) mass is 266 g/mol. The normalized spacial score (nSPS) is 47.0. The number of hydrogen-bond donors (Lipinski definition) is 0. The van der Waals surface area contributed by atoms with E-state index in [1.54, 1.807) is 0 Å². The molecular formula is C19H22O. The zero-order chi connectivity index (χ0) is 13.3. The average molecular weight is 266 g/mol. The minimum atomic E-state index is 0.482. The number of benzene rings is 1. The van der Waals surface area contributed by atoms with Gasteiger partial charge in [-0.2, -0.15) is 0 Å². The molecule has 0 N–H and O–H groups in total. The zero-order valence-corrected chi connectivity index (χ0v) is 12.0. The topological polar surface area (TPSA) is 9.23 Å². The second-order valence-corrected chi connectivity index (χ2v) is 7.42. The van der Waals surface area contributed by atoms with E-state index in [-0.39, 0.29) is 0 Å². The summed E-state index contributed by atoms with van der Waals surface area (Å²) in [5, 5.41) is 0. The van der Waals surface area contributed by atoms with Gasteiger partial charge in [0.25, 0.3) is 0 Å². The van der Waals surface area contributed by atoms with Gasteiger partial charge in [-0.15, -0.1) is 0 Å². The van der Waals surface area contributed by atoms with Crippen molar-refractivity contribution in [3.8, 4) is 5.75 Å². The van der Waals surface area contributed by atoms with E-state index in [4.69, 9.17) is 4.74 Å². The van der Waals surface area contributed by atoms with Gasteiger partial charge in [-0.3, -0.25) is 0 Å². The highest BCUT2D eigenvalue weighted by Gasteiger charge is 2.61. The van der Waals surface area contributed by atoms with Crippen molar-refractivity contribution < 1.29 is 4.74 Å². The number of ether oxygens (including phenoxy) is 1. The molecule has 20 heavy (non-hydrogen) atoms. The molecule has 0 aliphatic heterocycles. The lowest BCUT2D eigenvalue weighted by atomic mass is 9.72. The molecule has 104 valence electrons. The Morgan fingerprint density at radius 2 is 1.75 bits per heavy atom. The molecule has 0 spiro atoms. The van der Waals surface area contributed by atoms with Crippen LogP contribution < -0.4 is 4.74 Å². The highest BCUT2D eigenvalue weighted by atomic mass is 16.5. The summed E-state index contributed by atoms with van der Waals surface area (Å²) in [6.45, 7) is 2.16. The third-order valence-corrected chi connectivity index (χ3v) is 6.58. The Hall–Kier alpha value is -1.24. The molecule has 3 fully saturated rings. The third-order valence-electron chi connectivity index (χ3n) is 6.58. The lowest BCUT2D eigenvalue weighted by Crippen LogP contribution is -2.36. The van der Waals surface area contributed by atoms with Crippen molar-refractivity contribution in [2.24, 2.45) is 35.5 Å². The molecule has 0 amide bonds. The van der Waals surface area contributed by atoms with Crippen LogP contribution in [0.4, 0.5) is 0 Å².